The second-order valence-corrected chi connectivity index (χ2v) is 7.91. The Bertz CT molecular complexity index is 553. The first-order valence-corrected chi connectivity index (χ1v) is 9.84. The summed E-state index contributed by atoms with van der Waals surface area (Å²) in [4.78, 5) is 29.7. The number of hydrogen-bond donors (Lipinski definition) is 1. The third kappa shape index (κ3) is 4.36. The molecule has 1 aromatic rings. The second kappa shape index (κ2) is 8.12. The number of likely N-dealkylation sites (tertiary alicyclic amines) is 2. The van der Waals surface area contributed by atoms with Crippen molar-refractivity contribution in [2.24, 2.45) is 11.8 Å². The monoisotopic (exact) mass is 349 g/mol. The average molecular weight is 350 g/mol. The summed E-state index contributed by atoms with van der Waals surface area (Å²) >= 11 is 1.82. The third-order valence-electron chi connectivity index (χ3n) is 5.20. The van der Waals surface area contributed by atoms with Crippen LogP contribution in [0.1, 0.15) is 31.1 Å². The standard InChI is InChI=1S/C18H27N3O2S/c1-2-21-12-15(10-17(21)22)18(23)19-11-14-5-7-20(8-6-14)13-16-4-3-9-24-16/h3-4,9,14-15H,2,5-8,10-13H2,1H3,(H,19,23). The van der Waals surface area contributed by atoms with E-state index in [2.05, 4.69) is 27.7 Å². The molecule has 3 heterocycles. The van der Waals surface area contributed by atoms with E-state index in [1.165, 1.54) is 4.88 Å². The molecule has 2 fully saturated rings. The second-order valence-electron chi connectivity index (χ2n) is 6.88. The maximum Gasteiger partial charge on any atom is 0.225 e. The molecular formula is C18H27N3O2S. The van der Waals surface area contributed by atoms with E-state index in [-0.39, 0.29) is 17.7 Å². The van der Waals surface area contributed by atoms with Gasteiger partial charge in [-0.05, 0) is 50.2 Å². The molecule has 1 aromatic heterocycles. The van der Waals surface area contributed by atoms with Crippen LogP contribution in [-0.4, -0.2) is 54.3 Å². The van der Waals surface area contributed by atoms with E-state index in [0.717, 1.165) is 39.0 Å². The van der Waals surface area contributed by atoms with E-state index in [1.54, 1.807) is 4.90 Å². The molecule has 2 aliphatic rings. The topological polar surface area (TPSA) is 52.7 Å². The molecule has 2 amide bonds. The zero-order valence-corrected chi connectivity index (χ0v) is 15.2. The van der Waals surface area contributed by atoms with Crippen molar-refractivity contribution < 1.29 is 9.59 Å². The molecule has 3 rings (SSSR count). The number of rotatable bonds is 6. The lowest BCUT2D eigenvalue weighted by Crippen LogP contribution is -2.40. The molecular weight excluding hydrogens is 322 g/mol. The van der Waals surface area contributed by atoms with E-state index in [1.807, 2.05) is 18.3 Å². The number of carbonyl (C=O) groups is 2. The normalized spacial score (nSPS) is 23.0. The van der Waals surface area contributed by atoms with Crippen molar-refractivity contribution in [3.05, 3.63) is 22.4 Å². The van der Waals surface area contributed by atoms with Gasteiger partial charge in [0, 0.05) is 37.5 Å². The Kier molecular flexibility index (Phi) is 5.89. The molecule has 0 aliphatic carbocycles. The summed E-state index contributed by atoms with van der Waals surface area (Å²) in [6.45, 7) is 7.25. The van der Waals surface area contributed by atoms with Gasteiger partial charge in [0.2, 0.25) is 11.8 Å². The minimum absolute atomic E-state index is 0.0558. The number of nitrogens with one attached hydrogen (secondary N) is 1. The predicted octanol–water partition coefficient (Wildman–Crippen LogP) is 1.94. The summed E-state index contributed by atoms with van der Waals surface area (Å²) in [5.41, 5.74) is 0. The lowest BCUT2D eigenvalue weighted by molar-refractivity contribution is -0.128. The maximum absolute atomic E-state index is 12.3. The van der Waals surface area contributed by atoms with Crippen molar-refractivity contribution in [3.8, 4) is 0 Å². The Morgan fingerprint density at radius 1 is 1.38 bits per heavy atom. The molecule has 1 unspecified atom stereocenters. The van der Waals surface area contributed by atoms with Crippen LogP contribution < -0.4 is 5.32 Å². The number of carbonyl (C=O) groups excluding carboxylic acids is 2. The van der Waals surface area contributed by atoms with Gasteiger partial charge in [0.15, 0.2) is 0 Å². The molecule has 24 heavy (non-hydrogen) atoms. The highest BCUT2D eigenvalue weighted by Crippen LogP contribution is 2.21. The van der Waals surface area contributed by atoms with Crippen molar-refractivity contribution in [2.45, 2.75) is 32.7 Å². The summed E-state index contributed by atoms with van der Waals surface area (Å²) in [7, 11) is 0. The van der Waals surface area contributed by atoms with Gasteiger partial charge in [-0.15, -0.1) is 11.3 Å². The van der Waals surface area contributed by atoms with Crippen molar-refractivity contribution >= 4 is 23.2 Å². The van der Waals surface area contributed by atoms with Crippen molar-refractivity contribution in [1.82, 2.24) is 15.1 Å². The Balaban J connectivity index is 1.36. The first kappa shape index (κ1) is 17.4. The smallest absolute Gasteiger partial charge is 0.225 e. The van der Waals surface area contributed by atoms with Crippen LogP contribution in [0, 0.1) is 11.8 Å². The van der Waals surface area contributed by atoms with Gasteiger partial charge >= 0.3 is 0 Å². The zero-order chi connectivity index (χ0) is 16.9. The summed E-state index contributed by atoms with van der Waals surface area (Å²) in [6.07, 6.45) is 2.64. The van der Waals surface area contributed by atoms with Gasteiger partial charge in [0.1, 0.15) is 0 Å². The molecule has 0 spiro atoms. The highest BCUT2D eigenvalue weighted by Gasteiger charge is 2.33. The number of amides is 2. The fourth-order valence-corrected chi connectivity index (χ4v) is 4.36. The van der Waals surface area contributed by atoms with Crippen LogP contribution in [0.5, 0.6) is 0 Å². The first-order valence-electron chi connectivity index (χ1n) is 8.96. The van der Waals surface area contributed by atoms with Crippen LogP contribution in [0.15, 0.2) is 17.5 Å². The molecule has 0 radical (unpaired) electrons. The van der Waals surface area contributed by atoms with Gasteiger partial charge in [-0.25, -0.2) is 0 Å². The third-order valence-corrected chi connectivity index (χ3v) is 6.06. The SMILES string of the molecule is CCN1CC(C(=O)NCC2CCN(Cc3cccs3)CC2)CC1=O. The van der Waals surface area contributed by atoms with Crippen LogP contribution in [0.2, 0.25) is 0 Å². The zero-order valence-electron chi connectivity index (χ0n) is 14.4. The van der Waals surface area contributed by atoms with E-state index in [0.29, 0.717) is 25.4 Å². The summed E-state index contributed by atoms with van der Waals surface area (Å²) in [6, 6.07) is 4.30. The molecule has 6 heteroatoms. The van der Waals surface area contributed by atoms with Gasteiger partial charge in [-0.3, -0.25) is 14.5 Å². The number of piperidine rings is 1. The first-order chi connectivity index (χ1) is 11.7. The van der Waals surface area contributed by atoms with Crippen LogP contribution >= 0.6 is 11.3 Å². The molecule has 5 nitrogen and oxygen atoms in total. The van der Waals surface area contributed by atoms with Crippen LogP contribution in [-0.2, 0) is 16.1 Å². The van der Waals surface area contributed by atoms with Gasteiger partial charge in [0.05, 0.1) is 5.92 Å². The molecule has 132 valence electrons. The Morgan fingerprint density at radius 2 is 2.17 bits per heavy atom. The summed E-state index contributed by atoms with van der Waals surface area (Å²) in [5.74, 6) is 0.573. The molecule has 0 bridgehead atoms. The Morgan fingerprint density at radius 3 is 2.79 bits per heavy atom. The molecule has 0 saturated carbocycles. The van der Waals surface area contributed by atoms with Crippen LogP contribution in [0.4, 0.5) is 0 Å². The average Bonchev–Trinajstić information content (AvgIpc) is 3.23. The fraction of sp³-hybridized carbons (Fsp3) is 0.667. The van der Waals surface area contributed by atoms with E-state index >= 15 is 0 Å². The minimum Gasteiger partial charge on any atom is -0.356 e. The summed E-state index contributed by atoms with van der Waals surface area (Å²) < 4.78 is 0. The van der Waals surface area contributed by atoms with E-state index in [9.17, 15) is 9.59 Å². The lowest BCUT2D eigenvalue weighted by Gasteiger charge is -2.31. The van der Waals surface area contributed by atoms with E-state index < -0.39 is 0 Å². The van der Waals surface area contributed by atoms with E-state index in [4.69, 9.17) is 0 Å². The Hall–Kier alpha value is -1.40. The van der Waals surface area contributed by atoms with Crippen molar-refractivity contribution in [3.63, 3.8) is 0 Å². The number of hydrogen-bond acceptors (Lipinski definition) is 4. The molecule has 1 N–H and O–H groups in total. The quantitative estimate of drug-likeness (QED) is 0.854. The van der Waals surface area contributed by atoms with Crippen LogP contribution in [0.25, 0.3) is 0 Å². The summed E-state index contributed by atoms with van der Waals surface area (Å²) in [5, 5.41) is 5.22. The largest absolute Gasteiger partial charge is 0.356 e. The highest BCUT2D eigenvalue weighted by atomic mass is 32.1. The maximum atomic E-state index is 12.3. The van der Waals surface area contributed by atoms with Gasteiger partial charge < -0.3 is 10.2 Å². The van der Waals surface area contributed by atoms with Gasteiger partial charge in [-0.1, -0.05) is 6.07 Å². The molecule has 2 saturated heterocycles. The fourth-order valence-electron chi connectivity index (χ4n) is 3.61. The Labute approximate surface area is 148 Å². The highest BCUT2D eigenvalue weighted by molar-refractivity contribution is 7.09. The van der Waals surface area contributed by atoms with Gasteiger partial charge in [-0.2, -0.15) is 0 Å². The van der Waals surface area contributed by atoms with Crippen LogP contribution in [0.3, 0.4) is 0 Å². The lowest BCUT2D eigenvalue weighted by atomic mass is 9.96. The number of thiophene rings is 1. The predicted molar refractivity (Wildman–Crippen MR) is 95.7 cm³/mol. The molecule has 0 aromatic carbocycles. The number of nitrogens with zero attached hydrogens (tertiary/aromatic N) is 2. The van der Waals surface area contributed by atoms with Crippen molar-refractivity contribution in [2.75, 3.05) is 32.7 Å². The molecule has 2 aliphatic heterocycles. The molecule has 1 atom stereocenters. The minimum atomic E-state index is -0.156. The van der Waals surface area contributed by atoms with Gasteiger partial charge in [0.25, 0.3) is 0 Å². The van der Waals surface area contributed by atoms with Crippen molar-refractivity contribution in [1.29, 1.82) is 0 Å².